The molecule has 1 heterocycles. The van der Waals surface area contributed by atoms with Crippen molar-refractivity contribution in [1.82, 2.24) is 20.2 Å². The zero-order chi connectivity index (χ0) is 28.6. The number of likely N-dealkylation sites (N-methyl/N-ethyl adjacent to an activating group) is 1. The van der Waals surface area contributed by atoms with E-state index in [0.29, 0.717) is 28.6 Å². The Bertz CT molecular complexity index is 1270. The Morgan fingerprint density at radius 3 is 2.25 bits per heavy atom. The van der Waals surface area contributed by atoms with E-state index in [4.69, 9.17) is 15.9 Å². The Morgan fingerprint density at radius 2 is 1.62 bits per heavy atom. The van der Waals surface area contributed by atoms with Crippen molar-refractivity contribution >= 4 is 23.3 Å². The summed E-state index contributed by atoms with van der Waals surface area (Å²) < 4.78 is 5.88. The first-order valence-electron chi connectivity index (χ1n) is 14.0. The van der Waals surface area contributed by atoms with Crippen LogP contribution in [-0.4, -0.2) is 58.7 Å². The third-order valence-electron chi connectivity index (χ3n) is 7.28. The minimum atomic E-state index is -0.118. The number of carbonyl (C=O) groups is 1. The molecule has 1 fully saturated rings. The molecule has 2 aromatic carbocycles. The Labute approximate surface area is 237 Å². The summed E-state index contributed by atoms with van der Waals surface area (Å²) in [7, 11) is 3.92. The predicted octanol–water partition coefficient (Wildman–Crippen LogP) is 5.08. The van der Waals surface area contributed by atoms with Gasteiger partial charge in [-0.05, 0) is 88.5 Å². The van der Waals surface area contributed by atoms with E-state index in [2.05, 4.69) is 34.4 Å². The quantitative estimate of drug-likeness (QED) is 0.248. The van der Waals surface area contributed by atoms with Crippen molar-refractivity contribution in [3.8, 4) is 11.5 Å². The predicted molar refractivity (Wildman–Crippen MR) is 160 cm³/mol. The molecule has 9 heteroatoms. The zero-order valence-corrected chi connectivity index (χ0v) is 23.9. The van der Waals surface area contributed by atoms with Crippen molar-refractivity contribution in [3.05, 3.63) is 72.1 Å². The number of nitrogens with zero attached hydrogens (tertiary/aromatic N) is 3. The molecular weight excluding hydrogens is 502 g/mol. The van der Waals surface area contributed by atoms with Gasteiger partial charge in [-0.3, -0.25) is 15.1 Å². The first kappa shape index (κ1) is 29.0. The van der Waals surface area contributed by atoms with Gasteiger partial charge in [0.05, 0.1) is 17.3 Å². The molecule has 40 heavy (non-hydrogen) atoms. The van der Waals surface area contributed by atoms with Gasteiger partial charge in [0.25, 0.3) is 0 Å². The summed E-state index contributed by atoms with van der Waals surface area (Å²) >= 11 is 0. The fraction of sp³-hybridized carbons (Fsp3) is 0.419. The molecule has 9 nitrogen and oxygen atoms in total. The lowest BCUT2D eigenvalue weighted by atomic mass is 9.90. The van der Waals surface area contributed by atoms with Crippen LogP contribution in [0, 0.1) is 11.3 Å². The third kappa shape index (κ3) is 7.57. The van der Waals surface area contributed by atoms with Crippen LogP contribution in [0.25, 0.3) is 0 Å². The number of hydrogen-bond acceptors (Lipinski definition) is 8. The van der Waals surface area contributed by atoms with E-state index in [0.717, 1.165) is 37.9 Å². The molecule has 5 N–H and O–H groups in total. The molecule has 0 saturated heterocycles. The van der Waals surface area contributed by atoms with Crippen molar-refractivity contribution in [1.29, 1.82) is 5.41 Å². The maximum Gasteiger partial charge on any atom is 0.237 e. The summed E-state index contributed by atoms with van der Waals surface area (Å²) in [5.74, 6) is 2.80. The van der Waals surface area contributed by atoms with Crippen molar-refractivity contribution in [3.63, 3.8) is 0 Å². The van der Waals surface area contributed by atoms with Gasteiger partial charge in [-0.25, -0.2) is 9.97 Å². The van der Waals surface area contributed by atoms with Crippen LogP contribution in [0.3, 0.4) is 0 Å². The number of nitrogens with one attached hydrogen (secondary N) is 3. The van der Waals surface area contributed by atoms with Crippen LogP contribution in [0.5, 0.6) is 11.5 Å². The lowest BCUT2D eigenvalue weighted by Crippen LogP contribution is -2.49. The zero-order valence-electron chi connectivity index (χ0n) is 23.9. The van der Waals surface area contributed by atoms with E-state index in [1.54, 1.807) is 0 Å². The van der Waals surface area contributed by atoms with Crippen LogP contribution in [0.2, 0.25) is 0 Å². The van der Waals surface area contributed by atoms with Crippen LogP contribution in [0.15, 0.2) is 60.9 Å². The summed E-state index contributed by atoms with van der Waals surface area (Å²) in [5, 5.41) is 15.7. The second kappa shape index (κ2) is 13.4. The standard InChI is InChI=1S/C31H41N7O2/c1-20(2)18-26(38(3)4)31(39)37-23-14-12-22(13-15-23)36-30-27(29(33)34-19-35-30)28(32)21-10-16-25(17-11-21)40-24-8-6-5-7-9-24/h5-11,16-17,19-20,22-23,26,32H,12-15,18H2,1-4H3,(H,37,39)(H3,33,34,35,36)/t22-,23+,26-/m1/s1. The number of carbonyl (C=O) groups excluding carboxylic acids is 1. The van der Waals surface area contributed by atoms with Crippen LogP contribution in [0.1, 0.15) is 57.1 Å². The molecule has 1 atom stereocenters. The number of ether oxygens (including phenoxy) is 1. The highest BCUT2D eigenvalue weighted by Crippen LogP contribution is 2.28. The molecule has 0 aliphatic heterocycles. The number of anilines is 2. The van der Waals surface area contributed by atoms with Crippen molar-refractivity contribution in [2.24, 2.45) is 5.92 Å². The lowest BCUT2D eigenvalue weighted by Gasteiger charge is -2.32. The van der Waals surface area contributed by atoms with Crippen LogP contribution >= 0.6 is 0 Å². The van der Waals surface area contributed by atoms with Crippen molar-refractivity contribution in [2.45, 2.75) is 64.1 Å². The molecule has 3 aromatic rings. The van der Waals surface area contributed by atoms with Crippen LogP contribution in [0.4, 0.5) is 11.6 Å². The molecule has 0 bridgehead atoms. The highest BCUT2D eigenvalue weighted by molar-refractivity contribution is 6.16. The summed E-state index contributed by atoms with van der Waals surface area (Å²) in [6.07, 6.45) is 5.77. The molecule has 4 rings (SSSR count). The molecule has 1 aliphatic carbocycles. The van der Waals surface area contributed by atoms with Gasteiger partial charge >= 0.3 is 0 Å². The summed E-state index contributed by atoms with van der Waals surface area (Å²) in [4.78, 5) is 23.5. The normalized spacial score (nSPS) is 17.9. The van der Waals surface area contributed by atoms with Crippen molar-refractivity contribution in [2.75, 3.05) is 25.1 Å². The van der Waals surface area contributed by atoms with Gasteiger partial charge < -0.3 is 21.1 Å². The molecule has 1 amide bonds. The molecule has 1 aromatic heterocycles. The maximum atomic E-state index is 12.9. The van der Waals surface area contributed by atoms with Gasteiger partial charge in [0.15, 0.2) is 0 Å². The SMILES string of the molecule is CC(C)C[C@H](C(=O)N[C@H]1CC[C@@H](Nc2ncnc(N)c2C(=N)c2ccc(Oc3ccccc3)cc2)CC1)N(C)C. The van der Waals surface area contributed by atoms with E-state index in [1.807, 2.05) is 73.6 Å². The minimum absolute atomic E-state index is 0.106. The van der Waals surface area contributed by atoms with E-state index in [1.165, 1.54) is 6.33 Å². The number of benzene rings is 2. The van der Waals surface area contributed by atoms with Gasteiger partial charge in [0.1, 0.15) is 29.5 Å². The topological polar surface area (TPSA) is 129 Å². The Kier molecular flexibility index (Phi) is 9.71. The third-order valence-corrected chi connectivity index (χ3v) is 7.28. The smallest absolute Gasteiger partial charge is 0.237 e. The summed E-state index contributed by atoms with van der Waals surface area (Å²) in [5.41, 5.74) is 7.67. The number of para-hydroxylation sites is 1. The van der Waals surface area contributed by atoms with Gasteiger partial charge in [-0.1, -0.05) is 32.0 Å². The highest BCUT2D eigenvalue weighted by Gasteiger charge is 2.28. The van der Waals surface area contributed by atoms with E-state index < -0.39 is 0 Å². The Morgan fingerprint density at radius 1 is 1.00 bits per heavy atom. The minimum Gasteiger partial charge on any atom is -0.457 e. The van der Waals surface area contributed by atoms with Gasteiger partial charge in [-0.15, -0.1) is 0 Å². The number of amides is 1. The highest BCUT2D eigenvalue weighted by atomic mass is 16.5. The van der Waals surface area contributed by atoms with E-state index in [-0.39, 0.29) is 35.6 Å². The van der Waals surface area contributed by atoms with Gasteiger partial charge in [0.2, 0.25) is 5.91 Å². The molecule has 212 valence electrons. The maximum absolute atomic E-state index is 12.9. The lowest BCUT2D eigenvalue weighted by molar-refractivity contribution is -0.127. The van der Waals surface area contributed by atoms with Gasteiger partial charge in [0, 0.05) is 17.6 Å². The monoisotopic (exact) mass is 543 g/mol. The molecule has 0 radical (unpaired) electrons. The molecular formula is C31H41N7O2. The van der Waals surface area contributed by atoms with Crippen LogP contribution < -0.4 is 21.1 Å². The Hall–Kier alpha value is -3.98. The summed E-state index contributed by atoms with van der Waals surface area (Å²) in [6, 6.07) is 17.1. The molecule has 0 spiro atoms. The average Bonchev–Trinajstić information content (AvgIpc) is 2.93. The molecule has 1 saturated carbocycles. The number of hydrogen-bond donors (Lipinski definition) is 4. The Balaban J connectivity index is 1.37. The number of aromatic nitrogens is 2. The first-order chi connectivity index (χ1) is 19.2. The van der Waals surface area contributed by atoms with E-state index >= 15 is 0 Å². The number of rotatable bonds is 11. The van der Waals surface area contributed by atoms with E-state index in [9.17, 15) is 4.79 Å². The second-order valence-corrected chi connectivity index (χ2v) is 11.1. The summed E-state index contributed by atoms with van der Waals surface area (Å²) in [6.45, 7) is 4.29. The first-order valence-corrected chi connectivity index (χ1v) is 14.0. The fourth-order valence-electron chi connectivity index (χ4n) is 5.09. The largest absolute Gasteiger partial charge is 0.457 e. The fourth-order valence-corrected chi connectivity index (χ4v) is 5.09. The van der Waals surface area contributed by atoms with Crippen LogP contribution in [-0.2, 0) is 4.79 Å². The molecule has 1 aliphatic rings. The average molecular weight is 544 g/mol. The number of nitrogens with two attached hydrogens (primary N) is 1. The van der Waals surface area contributed by atoms with Gasteiger partial charge in [-0.2, -0.15) is 0 Å². The van der Waals surface area contributed by atoms with Crippen molar-refractivity contribution < 1.29 is 9.53 Å². The molecule has 0 unspecified atom stereocenters. The number of nitrogen functional groups attached to an aromatic ring is 1. The second-order valence-electron chi connectivity index (χ2n) is 11.1.